The second kappa shape index (κ2) is 11.8. The van der Waals surface area contributed by atoms with Gasteiger partial charge in [0.1, 0.15) is 22.3 Å². The molecular formula is C49H30N2O2S2. The minimum atomic E-state index is 0.904. The average Bonchev–Trinajstić information content (AvgIpc) is 3.91. The maximum atomic E-state index is 6.22. The monoisotopic (exact) mass is 742 g/mol. The molecule has 12 rings (SSSR count). The van der Waals surface area contributed by atoms with Gasteiger partial charge in [-0.15, -0.1) is 0 Å². The number of aromatic nitrogens is 1. The van der Waals surface area contributed by atoms with Gasteiger partial charge in [-0.3, -0.25) is 0 Å². The first-order valence-corrected chi connectivity index (χ1v) is 20.0. The topological polar surface area (TPSA) is 34.5 Å². The Bertz CT molecular complexity index is 3370. The first-order valence-electron chi connectivity index (χ1n) is 18.4. The molecule has 0 N–H and O–H groups in total. The molecule has 0 fully saturated rings. The quantitative estimate of drug-likeness (QED) is 0.179. The molecule has 0 amide bonds. The Morgan fingerprint density at radius 2 is 1.13 bits per heavy atom. The van der Waals surface area contributed by atoms with Gasteiger partial charge < -0.3 is 18.3 Å². The third-order valence-corrected chi connectivity index (χ3v) is 13.6. The summed E-state index contributed by atoms with van der Waals surface area (Å²) in [7, 11) is 2.15. The van der Waals surface area contributed by atoms with E-state index in [0.29, 0.717) is 0 Å². The summed E-state index contributed by atoms with van der Waals surface area (Å²) in [5.74, 6) is 0. The van der Waals surface area contributed by atoms with Crippen LogP contribution >= 0.6 is 23.5 Å². The number of hydrogen-bond acceptors (Lipinski definition) is 5. The average molecular weight is 743 g/mol. The van der Waals surface area contributed by atoms with Crippen molar-refractivity contribution < 1.29 is 8.83 Å². The molecular weight excluding hydrogens is 713 g/mol. The Morgan fingerprint density at radius 3 is 1.95 bits per heavy atom. The van der Waals surface area contributed by atoms with Crippen molar-refractivity contribution in [2.45, 2.75) is 19.6 Å². The largest absolute Gasteiger partial charge is 0.456 e. The van der Waals surface area contributed by atoms with Crippen molar-refractivity contribution >= 4 is 101 Å². The van der Waals surface area contributed by atoms with E-state index < -0.39 is 0 Å². The molecule has 11 aromatic rings. The van der Waals surface area contributed by atoms with Crippen molar-refractivity contribution in [1.29, 1.82) is 0 Å². The molecule has 0 aliphatic carbocycles. The molecule has 0 saturated carbocycles. The predicted molar refractivity (Wildman–Crippen MR) is 230 cm³/mol. The molecule has 3 aromatic heterocycles. The number of benzene rings is 8. The van der Waals surface area contributed by atoms with E-state index in [1.165, 1.54) is 52.5 Å². The first kappa shape index (κ1) is 31.1. The highest BCUT2D eigenvalue weighted by molar-refractivity contribution is 8.05. The Morgan fingerprint density at radius 1 is 0.473 bits per heavy atom. The van der Waals surface area contributed by atoms with Crippen molar-refractivity contribution in [2.75, 3.05) is 11.9 Å². The second-order valence-electron chi connectivity index (χ2n) is 14.1. The molecule has 1 aliphatic rings. The van der Waals surface area contributed by atoms with Gasteiger partial charge in [-0.2, -0.15) is 0 Å². The number of fused-ring (bicyclic) bond motifs is 12. The van der Waals surface area contributed by atoms with Crippen molar-refractivity contribution in [3.8, 4) is 16.8 Å². The third kappa shape index (κ3) is 4.68. The van der Waals surface area contributed by atoms with Gasteiger partial charge in [-0.25, -0.2) is 0 Å². The van der Waals surface area contributed by atoms with Crippen LogP contribution in [0.4, 0.5) is 11.4 Å². The van der Waals surface area contributed by atoms with E-state index in [0.717, 1.165) is 60.9 Å². The van der Waals surface area contributed by atoms with E-state index in [4.69, 9.17) is 8.83 Å². The molecule has 1 aliphatic heterocycles. The molecule has 0 radical (unpaired) electrons. The number of anilines is 2. The van der Waals surface area contributed by atoms with Crippen molar-refractivity contribution in [3.63, 3.8) is 0 Å². The number of furan rings is 2. The second-order valence-corrected chi connectivity index (χ2v) is 16.3. The van der Waals surface area contributed by atoms with Crippen LogP contribution in [0, 0.1) is 0 Å². The zero-order valence-corrected chi connectivity index (χ0v) is 31.2. The number of rotatable bonds is 4. The molecule has 0 spiro atoms. The zero-order chi connectivity index (χ0) is 36.2. The molecule has 4 heterocycles. The highest BCUT2D eigenvalue weighted by Gasteiger charge is 2.25. The van der Waals surface area contributed by atoms with Crippen LogP contribution in [0.3, 0.4) is 0 Å². The smallest absolute Gasteiger partial charge is 0.135 e. The fourth-order valence-electron chi connectivity index (χ4n) is 8.45. The van der Waals surface area contributed by atoms with Gasteiger partial charge in [-0.05, 0) is 84.4 Å². The summed E-state index contributed by atoms with van der Waals surface area (Å²) in [5, 5.41) is 7.04. The molecule has 0 saturated heterocycles. The van der Waals surface area contributed by atoms with Gasteiger partial charge in [0.2, 0.25) is 0 Å². The van der Waals surface area contributed by atoms with E-state index >= 15 is 0 Å². The minimum Gasteiger partial charge on any atom is -0.456 e. The van der Waals surface area contributed by atoms with Crippen molar-refractivity contribution in [2.24, 2.45) is 0 Å². The lowest BCUT2D eigenvalue weighted by atomic mass is 10.0. The van der Waals surface area contributed by atoms with Crippen LogP contribution in [0.2, 0.25) is 0 Å². The molecule has 260 valence electrons. The van der Waals surface area contributed by atoms with Gasteiger partial charge in [0.05, 0.1) is 15.9 Å². The van der Waals surface area contributed by atoms with E-state index in [1.54, 1.807) is 0 Å². The molecule has 0 atom stereocenters. The van der Waals surface area contributed by atoms with Gasteiger partial charge in [0.15, 0.2) is 0 Å². The highest BCUT2D eigenvalue weighted by Crippen LogP contribution is 2.54. The Hall–Kier alpha value is -6.34. The summed E-state index contributed by atoms with van der Waals surface area (Å²) < 4.78 is 14.8. The van der Waals surface area contributed by atoms with Crippen LogP contribution in [-0.2, 0) is 0 Å². The minimum absolute atomic E-state index is 0.904. The maximum Gasteiger partial charge on any atom is 0.135 e. The lowest BCUT2D eigenvalue weighted by Gasteiger charge is -2.24. The molecule has 8 aromatic carbocycles. The molecule has 0 unspecified atom stereocenters. The Kier molecular flexibility index (Phi) is 6.68. The van der Waals surface area contributed by atoms with Gasteiger partial charge >= 0.3 is 0 Å². The van der Waals surface area contributed by atoms with E-state index in [2.05, 4.69) is 156 Å². The fraction of sp³-hybridized carbons (Fsp3) is 0.0204. The van der Waals surface area contributed by atoms with Crippen LogP contribution in [0.5, 0.6) is 0 Å². The summed E-state index contributed by atoms with van der Waals surface area (Å²) in [6.07, 6.45) is 0. The molecule has 6 heteroatoms. The maximum absolute atomic E-state index is 6.22. The Balaban J connectivity index is 0.954. The summed E-state index contributed by atoms with van der Waals surface area (Å²) in [6.45, 7) is 0. The van der Waals surface area contributed by atoms with Crippen LogP contribution in [-0.4, -0.2) is 11.6 Å². The fourth-order valence-corrected chi connectivity index (χ4v) is 10.8. The summed E-state index contributed by atoms with van der Waals surface area (Å²) in [5.41, 5.74) is 11.9. The molecule has 0 bridgehead atoms. The van der Waals surface area contributed by atoms with Crippen molar-refractivity contribution in [1.82, 2.24) is 4.57 Å². The van der Waals surface area contributed by atoms with Crippen LogP contribution < -0.4 is 4.90 Å². The number of para-hydroxylation sites is 4. The molecule has 4 nitrogen and oxygen atoms in total. The summed E-state index contributed by atoms with van der Waals surface area (Å²) >= 11 is 3.75. The van der Waals surface area contributed by atoms with E-state index in [-0.39, 0.29) is 0 Å². The zero-order valence-electron chi connectivity index (χ0n) is 29.6. The third-order valence-electron chi connectivity index (χ3n) is 11.1. The van der Waals surface area contributed by atoms with Gasteiger partial charge in [0, 0.05) is 76.7 Å². The standard InChI is InChI=1S/C49H30N2O2S2/c1-50(30-19-22-43-37(27-30)34-12-4-8-16-41(34)52-43)39-14-6-2-10-32(39)29-18-24-45-47(26-29)54-46-25-21-36-33-11-3-7-15-40(33)51(48(36)49(46)55-45)31-20-23-44-38(28-31)35-13-5-9-17-42(35)53-44/h2-28H,1H3. The van der Waals surface area contributed by atoms with E-state index in [9.17, 15) is 0 Å². The summed E-state index contributed by atoms with van der Waals surface area (Å²) in [4.78, 5) is 7.38. The normalized spacial score (nSPS) is 12.7. The van der Waals surface area contributed by atoms with Crippen LogP contribution in [0.25, 0.3) is 82.5 Å². The SMILES string of the molecule is CN(c1ccc2oc3ccccc3c2c1)c1ccccc1-c1ccc2c(c1)Sc1ccc3c4ccccc4n(-c4ccc5oc6ccccc6c5c4)c3c1S2. The molecule has 55 heavy (non-hydrogen) atoms. The van der Waals surface area contributed by atoms with Gasteiger partial charge in [0.25, 0.3) is 0 Å². The van der Waals surface area contributed by atoms with Crippen LogP contribution in [0.15, 0.2) is 192 Å². The first-order chi connectivity index (χ1) is 27.2. The van der Waals surface area contributed by atoms with Gasteiger partial charge in [-0.1, -0.05) is 108 Å². The lowest BCUT2D eigenvalue weighted by molar-refractivity contribution is 0.668. The van der Waals surface area contributed by atoms with Crippen LogP contribution in [0.1, 0.15) is 0 Å². The van der Waals surface area contributed by atoms with Crippen molar-refractivity contribution in [3.05, 3.63) is 164 Å². The number of nitrogens with zero attached hydrogens (tertiary/aromatic N) is 2. The predicted octanol–water partition coefficient (Wildman–Crippen LogP) is 14.6. The number of hydrogen-bond donors (Lipinski definition) is 0. The highest BCUT2D eigenvalue weighted by atomic mass is 32.2. The van der Waals surface area contributed by atoms with E-state index in [1.807, 2.05) is 47.8 Å². The lowest BCUT2D eigenvalue weighted by Crippen LogP contribution is -2.10. The Labute approximate surface area is 324 Å². The summed E-state index contributed by atoms with van der Waals surface area (Å²) in [6, 6.07) is 58.7.